The number of rotatable bonds is 8. The summed E-state index contributed by atoms with van der Waals surface area (Å²) in [5.74, 6) is -0.875. The van der Waals surface area contributed by atoms with Crippen LogP contribution in [0.25, 0.3) is 0 Å². The molecule has 21 heavy (non-hydrogen) atoms. The molecule has 1 aliphatic rings. The van der Waals surface area contributed by atoms with Gasteiger partial charge in [0.1, 0.15) is 0 Å². The fraction of sp³-hybridized carbons (Fsp3) is 0.867. The van der Waals surface area contributed by atoms with Crippen LogP contribution in [0.3, 0.4) is 0 Å². The van der Waals surface area contributed by atoms with Gasteiger partial charge in [-0.3, -0.25) is 4.79 Å². The summed E-state index contributed by atoms with van der Waals surface area (Å²) in [4.78, 5) is 27.0. The predicted octanol–water partition coefficient (Wildman–Crippen LogP) is 1.76. The Labute approximate surface area is 127 Å². The summed E-state index contributed by atoms with van der Waals surface area (Å²) in [6.45, 7) is 2.66. The molecule has 0 spiro atoms. The molecule has 1 aliphatic carbocycles. The number of carbonyl (C=O) groups excluding carboxylic acids is 1. The molecule has 0 saturated heterocycles. The van der Waals surface area contributed by atoms with E-state index < -0.39 is 5.97 Å². The minimum Gasteiger partial charge on any atom is -0.481 e. The van der Waals surface area contributed by atoms with E-state index in [1.54, 1.807) is 11.9 Å². The number of nitrogens with one attached hydrogen (secondary N) is 1. The van der Waals surface area contributed by atoms with Crippen LogP contribution in [0.4, 0.5) is 4.79 Å². The van der Waals surface area contributed by atoms with Gasteiger partial charge in [-0.15, -0.1) is 0 Å². The maximum atomic E-state index is 12.3. The molecule has 0 aliphatic heterocycles. The third kappa shape index (κ3) is 4.88. The average Bonchev–Trinajstić information content (AvgIpc) is 2.32. The Hall–Kier alpha value is -1.30. The molecule has 1 rings (SSSR count). The first-order chi connectivity index (χ1) is 9.80. The van der Waals surface area contributed by atoms with Gasteiger partial charge in [-0.25, -0.2) is 4.79 Å². The number of likely N-dealkylation sites (N-methyl/N-ethyl adjacent to an activating group) is 2. The molecule has 0 heterocycles. The zero-order valence-corrected chi connectivity index (χ0v) is 13.7. The van der Waals surface area contributed by atoms with E-state index in [-0.39, 0.29) is 24.0 Å². The number of carboxylic acids is 1. The lowest BCUT2D eigenvalue weighted by Gasteiger charge is -2.49. The highest BCUT2D eigenvalue weighted by atomic mass is 16.4. The summed E-state index contributed by atoms with van der Waals surface area (Å²) in [7, 11) is 5.88. The molecule has 122 valence electrons. The molecule has 2 amide bonds. The van der Waals surface area contributed by atoms with Gasteiger partial charge < -0.3 is 20.2 Å². The zero-order valence-electron chi connectivity index (χ0n) is 13.7. The fourth-order valence-electron chi connectivity index (χ4n) is 2.91. The van der Waals surface area contributed by atoms with Crippen LogP contribution in [0.2, 0.25) is 0 Å². The first-order valence-electron chi connectivity index (χ1n) is 7.71. The van der Waals surface area contributed by atoms with Crippen molar-refractivity contribution in [3.63, 3.8) is 0 Å². The van der Waals surface area contributed by atoms with Crippen molar-refractivity contribution < 1.29 is 14.7 Å². The first-order valence-corrected chi connectivity index (χ1v) is 7.71. The number of hydrogen-bond donors (Lipinski definition) is 2. The molecule has 6 heteroatoms. The smallest absolute Gasteiger partial charge is 0.317 e. The summed E-state index contributed by atoms with van der Waals surface area (Å²) in [5, 5.41) is 11.7. The van der Waals surface area contributed by atoms with E-state index in [9.17, 15) is 9.59 Å². The van der Waals surface area contributed by atoms with Gasteiger partial charge in [0.2, 0.25) is 0 Å². The van der Waals surface area contributed by atoms with E-state index in [0.717, 1.165) is 19.3 Å². The van der Waals surface area contributed by atoms with Crippen molar-refractivity contribution in [1.29, 1.82) is 0 Å². The van der Waals surface area contributed by atoms with E-state index in [2.05, 4.69) is 24.3 Å². The number of carboxylic acid groups (broad SMARTS) is 1. The highest BCUT2D eigenvalue weighted by Gasteiger charge is 2.40. The van der Waals surface area contributed by atoms with Gasteiger partial charge in [-0.2, -0.15) is 0 Å². The Bertz CT molecular complexity index is 367. The molecule has 2 N–H and O–H groups in total. The molecule has 1 unspecified atom stereocenters. The van der Waals surface area contributed by atoms with Gasteiger partial charge >= 0.3 is 12.0 Å². The second kappa shape index (κ2) is 7.64. The molecule has 6 nitrogen and oxygen atoms in total. The normalized spacial score (nSPS) is 18.0. The van der Waals surface area contributed by atoms with Crippen molar-refractivity contribution in [1.82, 2.24) is 15.1 Å². The number of aliphatic carboxylic acids is 1. The molecule has 1 atom stereocenters. The van der Waals surface area contributed by atoms with Crippen molar-refractivity contribution in [3.05, 3.63) is 0 Å². The Balaban J connectivity index is 2.54. The second-order valence-corrected chi connectivity index (χ2v) is 6.36. The lowest BCUT2D eigenvalue weighted by molar-refractivity contribution is -0.137. The van der Waals surface area contributed by atoms with Crippen LogP contribution < -0.4 is 5.32 Å². The minimum atomic E-state index is -0.875. The number of hydrogen-bond acceptors (Lipinski definition) is 3. The van der Waals surface area contributed by atoms with E-state index in [0.29, 0.717) is 13.0 Å². The quantitative estimate of drug-likeness (QED) is 0.716. The topological polar surface area (TPSA) is 72.9 Å². The van der Waals surface area contributed by atoms with Crippen molar-refractivity contribution in [2.45, 2.75) is 57.0 Å². The van der Waals surface area contributed by atoms with Gasteiger partial charge in [-0.05, 0) is 39.8 Å². The van der Waals surface area contributed by atoms with Crippen molar-refractivity contribution in [2.24, 2.45) is 0 Å². The average molecular weight is 299 g/mol. The van der Waals surface area contributed by atoms with Gasteiger partial charge in [0.25, 0.3) is 0 Å². The number of nitrogens with zero attached hydrogens (tertiary/aromatic N) is 2. The monoisotopic (exact) mass is 299 g/mol. The third-order valence-electron chi connectivity index (χ3n) is 4.50. The molecule has 1 saturated carbocycles. The molecular weight excluding hydrogens is 270 g/mol. The summed E-state index contributed by atoms with van der Waals surface area (Å²) in [6.07, 6.45) is 4.92. The van der Waals surface area contributed by atoms with Crippen LogP contribution >= 0.6 is 0 Å². The maximum absolute atomic E-state index is 12.3. The summed E-state index contributed by atoms with van der Waals surface area (Å²) < 4.78 is 0. The largest absolute Gasteiger partial charge is 0.481 e. The van der Waals surface area contributed by atoms with Gasteiger partial charge in [-0.1, -0.05) is 13.3 Å². The Kier molecular flexibility index (Phi) is 6.45. The Morgan fingerprint density at radius 3 is 2.29 bits per heavy atom. The van der Waals surface area contributed by atoms with Crippen molar-refractivity contribution in [2.75, 3.05) is 27.7 Å². The lowest BCUT2D eigenvalue weighted by Crippen LogP contribution is -2.59. The van der Waals surface area contributed by atoms with Crippen molar-refractivity contribution >= 4 is 12.0 Å². The molecule has 1 fully saturated rings. The van der Waals surface area contributed by atoms with Crippen LogP contribution in [0, 0.1) is 0 Å². The Morgan fingerprint density at radius 2 is 1.90 bits per heavy atom. The zero-order chi connectivity index (χ0) is 16.0. The Morgan fingerprint density at radius 1 is 1.29 bits per heavy atom. The van der Waals surface area contributed by atoms with E-state index >= 15 is 0 Å². The van der Waals surface area contributed by atoms with Crippen molar-refractivity contribution in [3.8, 4) is 0 Å². The van der Waals surface area contributed by atoms with Crippen LogP contribution in [-0.4, -0.2) is 66.2 Å². The highest BCUT2D eigenvalue weighted by molar-refractivity contribution is 5.75. The molecule has 0 bridgehead atoms. The predicted molar refractivity (Wildman–Crippen MR) is 82.4 cm³/mol. The molecule has 0 aromatic heterocycles. The van der Waals surface area contributed by atoms with E-state index in [1.807, 2.05) is 6.92 Å². The van der Waals surface area contributed by atoms with Gasteiger partial charge in [0.15, 0.2) is 0 Å². The second-order valence-electron chi connectivity index (χ2n) is 6.36. The maximum Gasteiger partial charge on any atom is 0.317 e. The first kappa shape index (κ1) is 17.8. The van der Waals surface area contributed by atoms with E-state index in [1.165, 1.54) is 6.42 Å². The SMILES string of the molecule is CCCC(CC(=O)O)NC(=O)N(C)CC1(N(C)C)CCC1. The standard InChI is InChI=1S/C15H29N3O3/c1-5-7-12(10-13(19)20)16-14(21)18(4)11-15(17(2)3)8-6-9-15/h12H,5-11H2,1-4H3,(H,16,21)(H,19,20). The van der Waals surface area contributed by atoms with Gasteiger partial charge in [0.05, 0.1) is 6.42 Å². The van der Waals surface area contributed by atoms with Crippen LogP contribution in [-0.2, 0) is 4.79 Å². The van der Waals surface area contributed by atoms with Crippen LogP contribution in [0.5, 0.6) is 0 Å². The molecule has 0 radical (unpaired) electrons. The number of carbonyl (C=O) groups is 2. The molecular formula is C15H29N3O3. The van der Waals surface area contributed by atoms with E-state index in [4.69, 9.17) is 5.11 Å². The molecule has 0 aromatic rings. The number of amides is 2. The summed E-state index contributed by atoms with van der Waals surface area (Å²) >= 11 is 0. The van der Waals surface area contributed by atoms with Gasteiger partial charge in [0, 0.05) is 25.2 Å². The third-order valence-corrected chi connectivity index (χ3v) is 4.50. The van der Waals surface area contributed by atoms with Crippen LogP contribution in [0.15, 0.2) is 0 Å². The number of urea groups is 1. The minimum absolute atomic E-state index is 0.0216. The highest BCUT2D eigenvalue weighted by Crippen LogP contribution is 2.36. The lowest BCUT2D eigenvalue weighted by atomic mass is 9.75. The fourth-order valence-corrected chi connectivity index (χ4v) is 2.91. The molecule has 0 aromatic carbocycles. The summed E-state index contributed by atoms with van der Waals surface area (Å²) in [6, 6.07) is -0.470. The van der Waals surface area contributed by atoms with Crippen LogP contribution in [0.1, 0.15) is 45.4 Å². The summed E-state index contributed by atoms with van der Waals surface area (Å²) in [5.41, 5.74) is 0.0825.